The molecule has 2 aromatic carbocycles. The van der Waals surface area contributed by atoms with Crippen LogP contribution < -0.4 is 20.9 Å². The van der Waals surface area contributed by atoms with Gasteiger partial charge in [-0.05, 0) is 47.5 Å². The van der Waals surface area contributed by atoms with Crippen molar-refractivity contribution >= 4 is 0 Å². The highest BCUT2D eigenvalue weighted by Gasteiger charge is 2.09. The van der Waals surface area contributed by atoms with Gasteiger partial charge in [0.25, 0.3) is 0 Å². The van der Waals surface area contributed by atoms with E-state index in [9.17, 15) is 10.2 Å². The lowest BCUT2D eigenvalue weighted by molar-refractivity contribution is 0.267. The van der Waals surface area contributed by atoms with Crippen molar-refractivity contribution in [3.63, 3.8) is 0 Å². The fraction of sp³-hybridized carbons (Fsp3) is 0.154. The SMILES string of the molecule is N[C@H](CO)c1ccc(Oc2ccnc(-c3cc(Oc4ccc([C@H](N)CO)cc4)ccn3)c2)cc1. The lowest BCUT2D eigenvalue weighted by Crippen LogP contribution is -2.14. The highest BCUT2D eigenvalue weighted by molar-refractivity contribution is 5.58. The van der Waals surface area contributed by atoms with E-state index in [1.807, 2.05) is 24.3 Å². The van der Waals surface area contributed by atoms with Gasteiger partial charge in [0.15, 0.2) is 0 Å². The van der Waals surface area contributed by atoms with Crippen LogP contribution >= 0.6 is 0 Å². The second-order valence-corrected chi connectivity index (χ2v) is 7.67. The van der Waals surface area contributed by atoms with Gasteiger partial charge in [-0.2, -0.15) is 0 Å². The van der Waals surface area contributed by atoms with E-state index in [1.54, 1.807) is 60.9 Å². The van der Waals surface area contributed by atoms with Crippen molar-refractivity contribution in [3.8, 4) is 34.4 Å². The summed E-state index contributed by atoms with van der Waals surface area (Å²) in [6.07, 6.45) is 3.30. The summed E-state index contributed by atoms with van der Waals surface area (Å²) in [5.74, 6) is 2.49. The number of aromatic nitrogens is 2. The predicted octanol–water partition coefficient (Wildman–Crippen LogP) is 3.71. The van der Waals surface area contributed by atoms with Gasteiger partial charge < -0.3 is 31.2 Å². The summed E-state index contributed by atoms with van der Waals surface area (Å²) >= 11 is 0. The van der Waals surface area contributed by atoms with E-state index < -0.39 is 12.1 Å². The van der Waals surface area contributed by atoms with Crippen molar-refractivity contribution in [2.24, 2.45) is 11.5 Å². The molecule has 0 aliphatic carbocycles. The smallest absolute Gasteiger partial charge is 0.131 e. The molecular formula is C26H26N4O4. The number of pyridine rings is 2. The normalized spacial score (nSPS) is 12.7. The summed E-state index contributed by atoms with van der Waals surface area (Å²) in [7, 11) is 0. The molecule has 8 heteroatoms. The second-order valence-electron chi connectivity index (χ2n) is 7.67. The van der Waals surface area contributed by atoms with E-state index in [4.69, 9.17) is 20.9 Å². The van der Waals surface area contributed by atoms with Crippen molar-refractivity contribution in [2.75, 3.05) is 13.2 Å². The molecule has 0 unspecified atom stereocenters. The van der Waals surface area contributed by atoms with E-state index in [0.717, 1.165) is 11.1 Å². The first-order chi connectivity index (χ1) is 16.6. The van der Waals surface area contributed by atoms with Crippen LogP contribution in [-0.4, -0.2) is 33.4 Å². The van der Waals surface area contributed by atoms with Crippen molar-refractivity contribution in [2.45, 2.75) is 12.1 Å². The Morgan fingerprint density at radius 2 is 0.971 bits per heavy atom. The summed E-state index contributed by atoms with van der Waals surface area (Å²) < 4.78 is 11.9. The van der Waals surface area contributed by atoms with Crippen LogP contribution in [0, 0.1) is 0 Å². The van der Waals surface area contributed by atoms with Gasteiger partial charge in [0.05, 0.1) is 36.7 Å². The summed E-state index contributed by atoms with van der Waals surface area (Å²) in [6, 6.07) is 20.8. The molecule has 4 rings (SSSR count). The molecule has 4 aromatic rings. The topological polar surface area (TPSA) is 137 Å². The average molecular weight is 459 g/mol. The van der Waals surface area contributed by atoms with Crippen LogP contribution in [0.5, 0.6) is 23.0 Å². The second kappa shape index (κ2) is 10.9. The fourth-order valence-corrected chi connectivity index (χ4v) is 3.28. The third-order valence-electron chi connectivity index (χ3n) is 5.21. The Morgan fingerprint density at radius 3 is 1.32 bits per heavy atom. The summed E-state index contributed by atoms with van der Waals surface area (Å²) in [5.41, 5.74) is 14.6. The maximum absolute atomic E-state index is 9.18. The number of ether oxygens (including phenoxy) is 2. The molecule has 34 heavy (non-hydrogen) atoms. The number of nitrogens with two attached hydrogens (primary N) is 2. The number of nitrogens with zero attached hydrogens (tertiary/aromatic N) is 2. The highest BCUT2D eigenvalue weighted by atomic mass is 16.5. The van der Waals surface area contributed by atoms with Gasteiger partial charge in [-0.25, -0.2) is 0 Å². The predicted molar refractivity (Wildman–Crippen MR) is 129 cm³/mol. The molecule has 8 nitrogen and oxygen atoms in total. The third kappa shape index (κ3) is 5.75. The Labute approximate surface area is 197 Å². The van der Waals surface area contributed by atoms with Gasteiger partial charge in [-0.3, -0.25) is 9.97 Å². The van der Waals surface area contributed by atoms with Crippen molar-refractivity contribution < 1.29 is 19.7 Å². The summed E-state index contributed by atoms with van der Waals surface area (Å²) in [5, 5.41) is 18.4. The summed E-state index contributed by atoms with van der Waals surface area (Å²) in [6.45, 7) is -0.236. The molecule has 0 bridgehead atoms. The average Bonchev–Trinajstić information content (AvgIpc) is 2.89. The van der Waals surface area contributed by atoms with Crippen molar-refractivity contribution in [1.29, 1.82) is 0 Å². The number of hydrogen-bond donors (Lipinski definition) is 4. The largest absolute Gasteiger partial charge is 0.457 e. The Bertz CT molecular complexity index is 1120. The van der Waals surface area contributed by atoms with Crippen LogP contribution in [0.25, 0.3) is 11.4 Å². The zero-order valence-electron chi connectivity index (χ0n) is 18.4. The van der Waals surface area contributed by atoms with Crippen LogP contribution in [0.15, 0.2) is 85.2 Å². The molecule has 0 spiro atoms. The highest BCUT2D eigenvalue weighted by Crippen LogP contribution is 2.29. The molecule has 2 atom stereocenters. The van der Waals surface area contributed by atoms with E-state index in [0.29, 0.717) is 34.4 Å². The molecule has 0 radical (unpaired) electrons. The first-order valence-corrected chi connectivity index (χ1v) is 10.8. The number of rotatable bonds is 9. The van der Waals surface area contributed by atoms with E-state index in [1.165, 1.54) is 0 Å². The molecule has 0 saturated heterocycles. The minimum Gasteiger partial charge on any atom is -0.457 e. The molecule has 2 heterocycles. The maximum Gasteiger partial charge on any atom is 0.131 e. The Morgan fingerprint density at radius 1 is 0.588 bits per heavy atom. The minimum atomic E-state index is -0.418. The summed E-state index contributed by atoms with van der Waals surface area (Å²) in [4.78, 5) is 8.82. The molecule has 6 N–H and O–H groups in total. The van der Waals surface area contributed by atoms with Gasteiger partial charge >= 0.3 is 0 Å². The van der Waals surface area contributed by atoms with Crippen molar-refractivity contribution in [1.82, 2.24) is 9.97 Å². The molecule has 0 saturated carbocycles. The number of benzene rings is 2. The van der Waals surface area contributed by atoms with E-state index >= 15 is 0 Å². The Balaban J connectivity index is 1.47. The van der Waals surface area contributed by atoms with Gasteiger partial charge in [-0.1, -0.05) is 24.3 Å². The molecule has 0 aliphatic rings. The van der Waals surface area contributed by atoms with Crippen LogP contribution in [-0.2, 0) is 0 Å². The molecular weight excluding hydrogens is 432 g/mol. The van der Waals surface area contributed by atoms with Gasteiger partial charge in [0, 0.05) is 24.5 Å². The van der Waals surface area contributed by atoms with Crippen molar-refractivity contribution in [3.05, 3.63) is 96.3 Å². The van der Waals surface area contributed by atoms with Crippen LogP contribution in [0.2, 0.25) is 0 Å². The number of aliphatic hydroxyl groups excluding tert-OH is 2. The maximum atomic E-state index is 9.18. The minimum absolute atomic E-state index is 0.118. The van der Waals surface area contributed by atoms with Crippen LogP contribution in [0.1, 0.15) is 23.2 Å². The Kier molecular flexibility index (Phi) is 7.46. The Hall–Kier alpha value is -3.82. The molecule has 174 valence electrons. The van der Waals surface area contributed by atoms with E-state index in [2.05, 4.69) is 9.97 Å². The first kappa shape index (κ1) is 23.3. The number of hydrogen-bond acceptors (Lipinski definition) is 8. The fourth-order valence-electron chi connectivity index (χ4n) is 3.28. The molecule has 0 fully saturated rings. The number of aliphatic hydroxyl groups is 2. The zero-order chi connectivity index (χ0) is 23.9. The van der Waals surface area contributed by atoms with Crippen LogP contribution in [0.3, 0.4) is 0 Å². The van der Waals surface area contributed by atoms with E-state index in [-0.39, 0.29) is 13.2 Å². The quantitative estimate of drug-likeness (QED) is 0.298. The molecule has 2 aromatic heterocycles. The first-order valence-electron chi connectivity index (χ1n) is 10.8. The zero-order valence-corrected chi connectivity index (χ0v) is 18.4. The van der Waals surface area contributed by atoms with Gasteiger partial charge in [0.2, 0.25) is 0 Å². The van der Waals surface area contributed by atoms with Gasteiger partial charge in [0.1, 0.15) is 23.0 Å². The van der Waals surface area contributed by atoms with Gasteiger partial charge in [-0.15, -0.1) is 0 Å². The standard InChI is InChI=1S/C26H26N4O4/c27-23(15-31)17-1-5-19(6-2-17)33-21-9-11-29-25(13-21)26-14-22(10-12-30-26)34-20-7-3-18(4-8-20)24(28)16-32/h1-14,23-24,31-32H,15-16,27-28H2/t23-,24-/m1/s1. The van der Waals surface area contributed by atoms with Crippen LogP contribution in [0.4, 0.5) is 0 Å². The monoisotopic (exact) mass is 458 g/mol. The molecule has 0 amide bonds. The third-order valence-corrected chi connectivity index (χ3v) is 5.21. The lowest BCUT2D eigenvalue weighted by Gasteiger charge is -2.11. The molecule has 0 aliphatic heterocycles. The lowest BCUT2D eigenvalue weighted by atomic mass is 10.1.